The average molecular weight is 649 g/mol. The number of amides is 3. The largest absolute Gasteiger partial charge is 0.493 e. The molecule has 0 radical (unpaired) electrons. The molecule has 3 heterocycles. The van der Waals surface area contributed by atoms with Crippen LogP contribution < -0.4 is 25.4 Å². The van der Waals surface area contributed by atoms with Crippen LogP contribution in [-0.4, -0.2) is 82.3 Å². The third kappa shape index (κ3) is 10.2. The van der Waals surface area contributed by atoms with Gasteiger partial charge in [0.05, 0.1) is 26.0 Å². The van der Waals surface area contributed by atoms with Gasteiger partial charge in [-0.25, -0.2) is 9.67 Å². The van der Waals surface area contributed by atoms with Gasteiger partial charge in [0.2, 0.25) is 17.7 Å². The van der Waals surface area contributed by atoms with Gasteiger partial charge in [-0.1, -0.05) is 32.4 Å². The fraction of sp³-hybridized carbons (Fsp3) is 0.529. The number of nitrogens with zero attached hydrogens (tertiary/aromatic N) is 5. The van der Waals surface area contributed by atoms with Crippen molar-refractivity contribution in [1.29, 1.82) is 0 Å². The molecule has 3 aromatic rings. The number of hydrogen-bond donors (Lipinski definition) is 3. The Morgan fingerprint density at radius 2 is 1.79 bits per heavy atom. The Balaban J connectivity index is 1.58. The van der Waals surface area contributed by atoms with Crippen LogP contribution in [-0.2, 0) is 33.9 Å². The molecule has 0 aliphatic carbocycles. The molecule has 254 valence electrons. The summed E-state index contributed by atoms with van der Waals surface area (Å²) in [5, 5.41) is 13.7. The van der Waals surface area contributed by atoms with Gasteiger partial charge in [0, 0.05) is 38.7 Å². The SMILES string of the molecule is CC[C@H](C)[C@@H]1NC(=O)CCCN(Cc2ccccn2)CCCNC(=O)Cn2nc(Cc3ccc(OC)c(OC)c3)nc2[C@@H](C)NC1=O. The van der Waals surface area contributed by atoms with Gasteiger partial charge in [0.15, 0.2) is 17.3 Å². The second kappa shape index (κ2) is 17.4. The molecule has 3 atom stereocenters. The van der Waals surface area contributed by atoms with Crippen LogP contribution in [0.15, 0.2) is 42.6 Å². The molecule has 3 N–H and O–H groups in total. The van der Waals surface area contributed by atoms with Crippen molar-refractivity contribution < 1.29 is 23.9 Å². The number of benzene rings is 1. The van der Waals surface area contributed by atoms with Gasteiger partial charge in [0.1, 0.15) is 18.4 Å². The van der Waals surface area contributed by atoms with E-state index in [0.29, 0.717) is 68.5 Å². The first-order valence-corrected chi connectivity index (χ1v) is 16.3. The van der Waals surface area contributed by atoms with E-state index >= 15 is 0 Å². The molecule has 4 rings (SSSR count). The van der Waals surface area contributed by atoms with Crippen molar-refractivity contribution in [2.75, 3.05) is 33.9 Å². The van der Waals surface area contributed by atoms with Crippen LogP contribution in [0.2, 0.25) is 0 Å². The van der Waals surface area contributed by atoms with Crippen molar-refractivity contribution in [3.05, 3.63) is 65.5 Å². The van der Waals surface area contributed by atoms with E-state index in [9.17, 15) is 14.4 Å². The molecule has 0 bridgehead atoms. The monoisotopic (exact) mass is 648 g/mol. The second-order valence-corrected chi connectivity index (χ2v) is 12.0. The molecule has 13 nitrogen and oxygen atoms in total. The lowest BCUT2D eigenvalue weighted by Crippen LogP contribution is -2.51. The minimum atomic E-state index is -0.718. The van der Waals surface area contributed by atoms with E-state index in [1.165, 1.54) is 0 Å². The molecular formula is C34H48N8O5. The Morgan fingerprint density at radius 1 is 1.00 bits per heavy atom. The van der Waals surface area contributed by atoms with E-state index in [4.69, 9.17) is 14.5 Å². The van der Waals surface area contributed by atoms with Gasteiger partial charge in [-0.05, 0) is 62.1 Å². The number of carbonyl (C=O) groups is 3. The number of rotatable bonds is 8. The normalized spacial score (nSPS) is 19.7. The summed E-state index contributed by atoms with van der Waals surface area (Å²) in [6.07, 6.45) is 4.49. The van der Waals surface area contributed by atoms with Crippen LogP contribution in [0.1, 0.15) is 75.4 Å². The van der Waals surface area contributed by atoms with Crippen LogP contribution in [0.3, 0.4) is 0 Å². The second-order valence-electron chi connectivity index (χ2n) is 12.0. The number of nitrogens with one attached hydrogen (secondary N) is 3. The van der Waals surface area contributed by atoms with E-state index in [2.05, 4.69) is 30.9 Å². The van der Waals surface area contributed by atoms with E-state index in [1.807, 2.05) is 50.2 Å². The van der Waals surface area contributed by atoms with Crippen LogP contribution in [0, 0.1) is 5.92 Å². The van der Waals surface area contributed by atoms with Crippen molar-refractivity contribution in [3.8, 4) is 11.5 Å². The molecule has 0 saturated heterocycles. The smallest absolute Gasteiger partial charge is 0.243 e. The Labute approximate surface area is 276 Å². The van der Waals surface area contributed by atoms with Crippen molar-refractivity contribution in [2.24, 2.45) is 5.92 Å². The lowest BCUT2D eigenvalue weighted by atomic mass is 9.97. The molecule has 0 fully saturated rings. The summed E-state index contributed by atoms with van der Waals surface area (Å²) in [6, 6.07) is 10.1. The third-order valence-electron chi connectivity index (χ3n) is 8.37. The highest BCUT2D eigenvalue weighted by atomic mass is 16.5. The van der Waals surface area contributed by atoms with E-state index in [1.54, 1.807) is 32.0 Å². The maximum absolute atomic E-state index is 13.6. The van der Waals surface area contributed by atoms with Crippen molar-refractivity contribution >= 4 is 17.7 Å². The summed E-state index contributed by atoms with van der Waals surface area (Å²) in [6.45, 7) is 8.20. The van der Waals surface area contributed by atoms with Crippen molar-refractivity contribution in [1.82, 2.24) is 40.6 Å². The molecule has 0 unspecified atom stereocenters. The van der Waals surface area contributed by atoms with E-state index in [0.717, 1.165) is 24.2 Å². The van der Waals surface area contributed by atoms with Gasteiger partial charge in [-0.15, -0.1) is 0 Å². The van der Waals surface area contributed by atoms with Gasteiger partial charge in [0.25, 0.3) is 0 Å². The number of methoxy groups -OCH3 is 2. The highest BCUT2D eigenvalue weighted by Crippen LogP contribution is 2.28. The lowest BCUT2D eigenvalue weighted by molar-refractivity contribution is -0.130. The molecular weight excluding hydrogens is 600 g/mol. The van der Waals surface area contributed by atoms with Crippen LogP contribution in [0.4, 0.5) is 0 Å². The Hall–Kier alpha value is -4.52. The van der Waals surface area contributed by atoms with Crippen LogP contribution in [0.5, 0.6) is 11.5 Å². The highest BCUT2D eigenvalue weighted by molar-refractivity contribution is 5.88. The number of hydrogen-bond acceptors (Lipinski definition) is 9. The van der Waals surface area contributed by atoms with Crippen molar-refractivity contribution in [3.63, 3.8) is 0 Å². The Morgan fingerprint density at radius 3 is 2.51 bits per heavy atom. The topological polar surface area (TPSA) is 153 Å². The highest BCUT2D eigenvalue weighted by Gasteiger charge is 2.29. The average Bonchev–Trinajstić information content (AvgIpc) is 3.46. The molecule has 1 aliphatic heterocycles. The van der Waals surface area contributed by atoms with Gasteiger partial charge >= 0.3 is 0 Å². The Bertz CT molecular complexity index is 1480. The first-order chi connectivity index (χ1) is 22.7. The first-order valence-electron chi connectivity index (χ1n) is 16.3. The molecule has 1 aromatic carbocycles. The predicted molar refractivity (Wildman–Crippen MR) is 177 cm³/mol. The summed E-state index contributed by atoms with van der Waals surface area (Å²) in [7, 11) is 3.16. The quantitative estimate of drug-likeness (QED) is 0.335. The number of pyridine rings is 1. The Kier molecular flexibility index (Phi) is 13.1. The predicted octanol–water partition coefficient (Wildman–Crippen LogP) is 2.79. The molecule has 1 aliphatic rings. The number of ether oxygens (including phenoxy) is 2. The zero-order chi connectivity index (χ0) is 33.8. The third-order valence-corrected chi connectivity index (χ3v) is 8.37. The fourth-order valence-electron chi connectivity index (χ4n) is 5.58. The molecule has 0 saturated carbocycles. The molecule has 0 spiro atoms. The number of fused-ring (bicyclic) bond motifs is 1. The number of carbonyl (C=O) groups excluding carboxylic acids is 3. The van der Waals surface area contributed by atoms with Gasteiger partial charge in [-0.3, -0.25) is 24.3 Å². The summed E-state index contributed by atoms with van der Waals surface area (Å²) >= 11 is 0. The molecule has 2 aromatic heterocycles. The summed E-state index contributed by atoms with van der Waals surface area (Å²) in [5.74, 6) is 1.37. The first kappa shape index (κ1) is 35.3. The zero-order valence-corrected chi connectivity index (χ0v) is 28.1. The molecule has 13 heteroatoms. The minimum Gasteiger partial charge on any atom is -0.493 e. The maximum atomic E-state index is 13.6. The van der Waals surface area contributed by atoms with Crippen LogP contribution >= 0.6 is 0 Å². The molecule has 3 amide bonds. The van der Waals surface area contributed by atoms with Gasteiger partial charge < -0.3 is 25.4 Å². The van der Waals surface area contributed by atoms with Gasteiger partial charge in [-0.2, -0.15) is 5.10 Å². The lowest BCUT2D eigenvalue weighted by Gasteiger charge is -2.26. The summed E-state index contributed by atoms with van der Waals surface area (Å²) in [5.41, 5.74) is 1.83. The number of aromatic nitrogens is 4. The van der Waals surface area contributed by atoms with Crippen LogP contribution in [0.25, 0.3) is 0 Å². The minimum absolute atomic E-state index is 0.0579. The van der Waals surface area contributed by atoms with E-state index < -0.39 is 12.1 Å². The van der Waals surface area contributed by atoms with Crippen molar-refractivity contribution in [2.45, 2.75) is 78.0 Å². The summed E-state index contributed by atoms with van der Waals surface area (Å²) < 4.78 is 12.4. The zero-order valence-electron chi connectivity index (χ0n) is 28.1. The summed E-state index contributed by atoms with van der Waals surface area (Å²) in [4.78, 5) is 51.3. The maximum Gasteiger partial charge on any atom is 0.243 e. The molecule has 47 heavy (non-hydrogen) atoms. The fourth-order valence-corrected chi connectivity index (χ4v) is 5.58. The van der Waals surface area contributed by atoms with E-state index in [-0.39, 0.29) is 30.2 Å². The standard InChI is InChI=1S/C34H48N8O5/c1-6-23(2)32-34(45)37-24(3)33-38-29(20-25-13-14-27(46-4)28(19-25)47-5)40-42(33)22-31(44)36-16-10-18-41(17-9-12-30(43)39-32)21-26-11-7-8-15-35-26/h7-8,11,13-15,19,23-24,32H,6,9-10,12,16-18,20-22H2,1-5H3,(H,36,44)(H,37,45)(H,39,43)/t23-,24+,32-/m0/s1.